The highest BCUT2D eigenvalue weighted by molar-refractivity contribution is 7.13. The molecule has 0 atom stereocenters. The Hall–Kier alpha value is -3.48. The van der Waals surface area contributed by atoms with Gasteiger partial charge in [0.05, 0.1) is 15.4 Å². The molecular weight excluding hydrogens is 431 g/mol. The zero-order chi connectivity index (χ0) is 22.5. The molecule has 0 bridgehead atoms. The van der Waals surface area contributed by atoms with E-state index in [-0.39, 0.29) is 6.07 Å². The zero-order valence-electron chi connectivity index (χ0n) is 15.2. The van der Waals surface area contributed by atoms with E-state index in [0.29, 0.717) is 10.9 Å². The lowest BCUT2D eigenvalue weighted by Crippen LogP contribution is -2.31. The Morgan fingerprint density at radius 2 is 1.90 bits per heavy atom. The number of benzene rings is 1. The minimum atomic E-state index is -4.80. The standard InChI is InChI=1S/C17H14F3N3O6S/c1-9-2-5-13(30-9)16(26)21-7-15(25)29-8-14(24)22-11-4-3-10(17(18,19)20)6-12(11)23(27)28/h2-6H,7-8H2,1H3,(H,21,26)(H,22,24). The Morgan fingerprint density at radius 1 is 1.20 bits per heavy atom. The van der Waals surface area contributed by atoms with Crippen LogP contribution in [0, 0.1) is 17.0 Å². The van der Waals surface area contributed by atoms with Crippen LogP contribution < -0.4 is 10.6 Å². The lowest BCUT2D eigenvalue weighted by atomic mass is 10.1. The normalized spacial score (nSPS) is 10.9. The summed E-state index contributed by atoms with van der Waals surface area (Å²) in [6.45, 7) is 0.420. The number of esters is 1. The number of thiophene rings is 1. The van der Waals surface area contributed by atoms with E-state index < -0.39 is 59.0 Å². The fourth-order valence-corrected chi connectivity index (χ4v) is 2.93. The number of aryl methyl sites for hydroxylation is 1. The van der Waals surface area contributed by atoms with Crippen molar-refractivity contribution in [2.24, 2.45) is 0 Å². The number of hydrogen-bond donors (Lipinski definition) is 2. The fraction of sp³-hybridized carbons (Fsp3) is 0.235. The Bertz CT molecular complexity index is 989. The lowest BCUT2D eigenvalue weighted by Gasteiger charge is -2.10. The number of carbonyl (C=O) groups is 3. The number of rotatable bonds is 7. The maximum atomic E-state index is 12.7. The molecule has 2 rings (SSSR count). The largest absolute Gasteiger partial charge is 0.454 e. The van der Waals surface area contributed by atoms with E-state index in [9.17, 15) is 37.7 Å². The zero-order valence-corrected chi connectivity index (χ0v) is 16.1. The molecule has 2 amide bonds. The molecule has 0 unspecified atom stereocenters. The Balaban J connectivity index is 1.89. The number of carbonyl (C=O) groups excluding carboxylic acids is 3. The Kier molecular flexibility index (Phi) is 7.10. The van der Waals surface area contributed by atoms with Gasteiger partial charge in [-0.15, -0.1) is 11.3 Å². The van der Waals surface area contributed by atoms with Gasteiger partial charge in [0.2, 0.25) is 0 Å². The summed E-state index contributed by atoms with van der Waals surface area (Å²) in [6, 6.07) is 4.87. The van der Waals surface area contributed by atoms with Crippen molar-refractivity contribution in [3.05, 3.63) is 55.8 Å². The molecule has 9 nitrogen and oxygen atoms in total. The SMILES string of the molecule is Cc1ccc(C(=O)NCC(=O)OCC(=O)Nc2ccc(C(F)(F)F)cc2[N+](=O)[O-])s1. The van der Waals surface area contributed by atoms with Gasteiger partial charge in [-0.2, -0.15) is 13.2 Å². The number of nitrogens with zero attached hydrogens (tertiary/aromatic N) is 1. The van der Waals surface area contributed by atoms with Crippen LogP contribution in [0.2, 0.25) is 0 Å². The smallest absolute Gasteiger partial charge is 0.416 e. The number of hydrogen-bond acceptors (Lipinski definition) is 7. The molecule has 2 aromatic rings. The molecule has 1 aromatic heterocycles. The number of anilines is 1. The molecule has 0 saturated carbocycles. The molecule has 160 valence electrons. The predicted molar refractivity (Wildman–Crippen MR) is 99.1 cm³/mol. The third-order valence-electron chi connectivity index (χ3n) is 3.52. The van der Waals surface area contributed by atoms with Gasteiger partial charge < -0.3 is 15.4 Å². The predicted octanol–water partition coefficient (Wildman–Crippen LogP) is 2.90. The number of nitro groups is 1. The second kappa shape index (κ2) is 9.35. The minimum Gasteiger partial charge on any atom is -0.454 e. The van der Waals surface area contributed by atoms with E-state index in [0.717, 1.165) is 10.9 Å². The number of halogens is 3. The molecule has 0 aliphatic heterocycles. The van der Waals surface area contributed by atoms with Gasteiger partial charge in [0.25, 0.3) is 17.5 Å². The van der Waals surface area contributed by atoms with E-state index in [2.05, 4.69) is 10.1 Å². The van der Waals surface area contributed by atoms with Gasteiger partial charge in [-0.25, -0.2) is 0 Å². The first-order valence-corrected chi connectivity index (χ1v) is 8.94. The van der Waals surface area contributed by atoms with Crippen molar-refractivity contribution in [2.45, 2.75) is 13.1 Å². The highest BCUT2D eigenvalue weighted by Crippen LogP contribution is 2.34. The molecular formula is C17H14F3N3O6S. The summed E-state index contributed by atoms with van der Waals surface area (Å²) in [5.41, 5.74) is -2.71. The van der Waals surface area contributed by atoms with Gasteiger partial charge in [0, 0.05) is 10.9 Å². The molecule has 0 aliphatic carbocycles. The van der Waals surface area contributed by atoms with E-state index in [1.165, 1.54) is 11.3 Å². The third kappa shape index (κ3) is 6.27. The first-order valence-electron chi connectivity index (χ1n) is 8.13. The summed E-state index contributed by atoms with van der Waals surface area (Å²) in [4.78, 5) is 46.4. The van der Waals surface area contributed by atoms with Crippen molar-refractivity contribution >= 4 is 40.5 Å². The van der Waals surface area contributed by atoms with Crippen LogP contribution in [-0.2, 0) is 20.5 Å². The van der Waals surface area contributed by atoms with Crippen molar-refractivity contribution in [1.29, 1.82) is 0 Å². The molecule has 0 spiro atoms. The van der Waals surface area contributed by atoms with Crippen molar-refractivity contribution in [2.75, 3.05) is 18.5 Å². The topological polar surface area (TPSA) is 128 Å². The molecule has 13 heteroatoms. The lowest BCUT2D eigenvalue weighted by molar-refractivity contribution is -0.384. The van der Waals surface area contributed by atoms with Gasteiger partial charge in [-0.05, 0) is 31.2 Å². The van der Waals surface area contributed by atoms with Gasteiger partial charge in [-0.1, -0.05) is 0 Å². The van der Waals surface area contributed by atoms with Crippen LogP contribution in [0.15, 0.2) is 30.3 Å². The van der Waals surface area contributed by atoms with Crippen molar-refractivity contribution < 1.29 is 37.2 Å². The molecule has 30 heavy (non-hydrogen) atoms. The number of nitrogens with one attached hydrogen (secondary N) is 2. The molecule has 2 N–H and O–H groups in total. The summed E-state index contributed by atoms with van der Waals surface area (Å²) in [6.07, 6.45) is -4.80. The van der Waals surface area contributed by atoms with E-state index in [1.807, 2.05) is 5.32 Å². The van der Waals surface area contributed by atoms with Gasteiger partial charge in [-0.3, -0.25) is 24.5 Å². The van der Waals surface area contributed by atoms with E-state index in [1.54, 1.807) is 19.1 Å². The summed E-state index contributed by atoms with van der Waals surface area (Å²) < 4.78 is 42.7. The van der Waals surface area contributed by atoms with Crippen LogP contribution in [0.25, 0.3) is 0 Å². The summed E-state index contributed by atoms with van der Waals surface area (Å²) >= 11 is 1.22. The second-order valence-electron chi connectivity index (χ2n) is 5.79. The van der Waals surface area contributed by atoms with Crippen molar-refractivity contribution in [1.82, 2.24) is 5.32 Å². The van der Waals surface area contributed by atoms with Crippen LogP contribution in [0.5, 0.6) is 0 Å². The molecule has 1 heterocycles. The van der Waals surface area contributed by atoms with Gasteiger partial charge >= 0.3 is 12.1 Å². The van der Waals surface area contributed by atoms with Crippen LogP contribution in [-0.4, -0.2) is 35.9 Å². The third-order valence-corrected chi connectivity index (χ3v) is 4.52. The summed E-state index contributed by atoms with van der Waals surface area (Å²) in [5, 5.41) is 15.3. The second-order valence-corrected chi connectivity index (χ2v) is 7.08. The number of alkyl halides is 3. The van der Waals surface area contributed by atoms with Gasteiger partial charge in [0.15, 0.2) is 6.61 Å². The maximum Gasteiger partial charge on any atom is 0.416 e. The molecule has 0 saturated heterocycles. The Labute approximate surface area is 171 Å². The average Bonchev–Trinajstić information content (AvgIpc) is 3.10. The monoisotopic (exact) mass is 445 g/mol. The first kappa shape index (κ1) is 22.8. The van der Waals surface area contributed by atoms with Crippen LogP contribution in [0.3, 0.4) is 0 Å². The van der Waals surface area contributed by atoms with Crippen LogP contribution in [0.4, 0.5) is 24.5 Å². The average molecular weight is 445 g/mol. The minimum absolute atomic E-state index is 0.281. The number of amides is 2. The van der Waals surface area contributed by atoms with Crippen molar-refractivity contribution in [3.8, 4) is 0 Å². The molecule has 1 aromatic carbocycles. The molecule has 0 fully saturated rings. The molecule has 0 aliphatic rings. The fourth-order valence-electron chi connectivity index (χ4n) is 2.14. The summed E-state index contributed by atoms with van der Waals surface area (Å²) in [7, 11) is 0. The molecule has 0 radical (unpaired) electrons. The van der Waals surface area contributed by atoms with Crippen molar-refractivity contribution in [3.63, 3.8) is 0 Å². The summed E-state index contributed by atoms with van der Waals surface area (Å²) in [5.74, 6) is -2.46. The van der Waals surface area contributed by atoms with Gasteiger partial charge in [0.1, 0.15) is 12.2 Å². The number of nitro benzene ring substituents is 1. The van der Waals surface area contributed by atoms with E-state index >= 15 is 0 Å². The Morgan fingerprint density at radius 3 is 2.47 bits per heavy atom. The van der Waals surface area contributed by atoms with Crippen LogP contribution in [0.1, 0.15) is 20.1 Å². The highest BCUT2D eigenvalue weighted by atomic mass is 32.1. The van der Waals surface area contributed by atoms with E-state index in [4.69, 9.17) is 0 Å². The maximum absolute atomic E-state index is 12.7. The highest BCUT2D eigenvalue weighted by Gasteiger charge is 2.33. The number of ether oxygens (including phenoxy) is 1. The van der Waals surface area contributed by atoms with Crippen LogP contribution >= 0.6 is 11.3 Å². The quantitative estimate of drug-likeness (QED) is 0.383. The first-order chi connectivity index (χ1) is 14.0.